The molecule has 0 aromatic heterocycles. The van der Waals surface area contributed by atoms with E-state index in [2.05, 4.69) is 21.2 Å². The molecular weight excluding hydrogens is 480 g/mol. The van der Waals surface area contributed by atoms with Crippen molar-refractivity contribution in [3.63, 3.8) is 0 Å². The van der Waals surface area contributed by atoms with Crippen molar-refractivity contribution in [2.75, 3.05) is 12.4 Å². The molecule has 0 aliphatic carbocycles. The number of hydrogen-bond donors (Lipinski definition) is 1. The molecule has 0 aliphatic heterocycles. The lowest BCUT2D eigenvalue weighted by molar-refractivity contribution is -0.112. The minimum atomic E-state index is -0.544. The standard InChI is InChI=1S/C24H18BrClN2O3/c1-30-21-10-9-16(23(13-21)31-15-17-5-2-3-8-22(17)25)11-18(14-27)24(29)28-20-7-4-6-19(26)12-20/h2-13H,15H2,1H3,(H,28,29)/b18-11+. The second-order valence-electron chi connectivity index (χ2n) is 6.42. The van der Waals surface area contributed by atoms with Gasteiger partial charge in [-0.15, -0.1) is 0 Å². The van der Waals surface area contributed by atoms with Crippen LogP contribution in [0.2, 0.25) is 5.02 Å². The highest BCUT2D eigenvalue weighted by molar-refractivity contribution is 9.10. The monoisotopic (exact) mass is 496 g/mol. The van der Waals surface area contributed by atoms with Crippen LogP contribution in [-0.2, 0) is 11.4 Å². The number of carbonyl (C=O) groups is 1. The Bertz CT molecular complexity index is 1170. The summed E-state index contributed by atoms with van der Waals surface area (Å²) in [6.07, 6.45) is 1.48. The van der Waals surface area contributed by atoms with Crippen molar-refractivity contribution in [3.05, 3.63) is 92.9 Å². The van der Waals surface area contributed by atoms with Gasteiger partial charge in [0.15, 0.2) is 0 Å². The number of hydrogen-bond acceptors (Lipinski definition) is 4. The van der Waals surface area contributed by atoms with Gasteiger partial charge < -0.3 is 14.8 Å². The van der Waals surface area contributed by atoms with E-state index in [0.717, 1.165) is 10.0 Å². The molecule has 1 amide bonds. The van der Waals surface area contributed by atoms with Gasteiger partial charge in [-0.1, -0.05) is 51.8 Å². The van der Waals surface area contributed by atoms with Crippen LogP contribution in [0.4, 0.5) is 5.69 Å². The van der Waals surface area contributed by atoms with Crippen LogP contribution in [0.3, 0.4) is 0 Å². The molecule has 0 bridgehead atoms. The average molecular weight is 498 g/mol. The van der Waals surface area contributed by atoms with Gasteiger partial charge in [0.25, 0.3) is 5.91 Å². The Kier molecular flexibility index (Phi) is 7.71. The first kappa shape index (κ1) is 22.4. The molecule has 3 aromatic rings. The predicted molar refractivity (Wildman–Crippen MR) is 125 cm³/mol. The molecule has 0 aliphatic rings. The number of nitrogens with zero attached hydrogens (tertiary/aromatic N) is 1. The van der Waals surface area contributed by atoms with Crippen molar-refractivity contribution in [2.45, 2.75) is 6.61 Å². The fourth-order valence-electron chi connectivity index (χ4n) is 2.73. The van der Waals surface area contributed by atoms with Gasteiger partial charge in [0.1, 0.15) is 29.7 Å². The van der Waals surface area contributed by atoms with Crippen LogP contribution < -0.4 is 14.8 Å². The van der Waals surface area contributed by atoms with Crippen molar-refractivity contribution in [1.29, 1.82) is 5.26 Å². The van der Waals surface area contributed by atoms with E-state index in [-0.39, 0.29) is 5.57 Å². The van der Waals surface area contributed by atoms with Crippen LogP contribution >= 0.6 is 27.5 Å². The van der Waals surface area contributed by atoms with Crippen molar-refractivity contribution in [1.82, 2.24) is 0 Å². The summed E-state index contributed by atoms with van der Waals surface area (Å²) >= 11 is 9.46. The molecule has 0 spiro atoms. The van der Waals surface area contributed by atoms with Crippen LogP contribution in [0.15, 0.2) is 76.8 Å². The first-order valence-corrected chi connectivity index (χ1v) is 10.4. The second-order valence-corrected chi connectivity index (χ2v) is 7.71. The third-order valence-electron chi connectivity index (χ3n) is 4.31. The van der Waals surface area contributed by atoms with E-state index < -0.39 is 5.91 Å². The summed E-state index contributed by atoms with van der Waals surface area (Å²) in [5, 5.41) is 12.7. The van der Waals surface area contributed by atoms with E-state index in [1.807, 2.05) is 30.3 Å². The lowest BCUT2D eigenvalue weighted by atomic mass is 10.1. The van der Waals surface area contributed by atoms with Gasteiger partial charge in [0.05, 0.1) is 7.11 Å². The van der Waals surface area contributed by atoms with Gasteiger partial charge in [-0.25, -0.2) is 0 Å². The van der Waals surface area contributed by atoms with E-state index in [4.69, 9.17) is 21.1 Å². The second kappa shape index (κ2) is 10.7. The third kappa shape index (κ3) is 6.11. The molecule has 31 heavy (non-hydrogen) atoms. The summed E-state index contributed by atoms with van der Waals surface area (Å²) in [6.45, 7) is 0.298. The molecule has 3 aromatic carbocycles. The number of anilines is 1. The molecule has 7 heteroatoms. The lowest BCUT2D eigenvalue weighted by Gasteiger charge is -2.12. The van der Waals surface area contributed by atoms with Crippen molar-refractivity contribution in [3.8, 4) is 17.6 Å². The smallest absolute Gasteiger partial charge is 0.266 e. The molecular formula is C24H18BrClN2O3. The van der Waals surface area contributed by atoms with E-state index in [9.17, 15) is 10.1 Å². The van der Waals surface area contributed by atoms with Crippen molar-refractivity contribution < 1.29 is 14.3 Å². The minimum Gasteiger partial charge on any atom is -0.497 e. The van der Waals surface area contributed by atoms with Crippen LogP contribution in [-0.4, -0.2) is 13.0 Å². The molecule has 0 radical (unpaired) electrons. The highest BCUT2D eigenvalue weighted by Crippen LogP contribution is 2.29. The number of methoxy groups -OCH3 is 1. The number of nitrogens with one attached hydrogen (secondary N) is 1. The molecule has 0 heterocycles. The van der Waals surface area contributed by atoms with Gasteiger partial charge in [-0.2, -0.15) is 5.26 Å². The summed E-state index contributed by atoms with van der Waals surface area (Å²) < 4.78 is 12.2. The summed E-state index contributed by atoms with van der Waals surface area (Å²) in [5.74, 6) is 0.539. The number of benzene rings is 3. The van der Waals surface area contributed by atoms with Crippen LogP contribution in [0, 0.1) is 11.3 Å². The summed E-state index contributed by atoms with van der Waals surface area (Å²) in [7, 11) is 1.56. The van der Waals surface area contributed by atoms with E-state index in [1.165, 1.54) is 6.08 Å². The van der Waals surface area contributed by atoms with Crippen LogP contribution in [0.5, 0.6) is 11.5 Å². The van der Waals surface area contributed by atoms with Crippen LogP contribution in [0.1, 0.15) is 11.1 Å². The number of amides is 1. The molecule has 0 unspecified atom stereocenters. The zero-order valence-electron chi connectivity index (χ0n) is 16.6. The maximum absolute atomic E-state index is 12.6. The fraction of sp³-hybridized carbons (Fsp3) is 0.0833. The van der Waals surface area contributed by atoms with Crippen molar-refractivity contribution in [2.24, 2.45) is 0 Å². The summed E-state index contributed by atoms with van der Waals surface area (Å²) in [5.41, 5.74) is 1.96. The first-order chi connectivity index (χ1) is 15.0. The van der Waals surface area contributed by atoms with Gasteiger partial charge in [0, 0.05) is 32.4 Å². The number of halogens is 2. The van der Waals surface area contributed by atoms with E-state index >= 15 is 0 Å². The predicted octanol–water partition coefficient (Wildman–Crippen LogP) is 6.24. The Morgan fingerprint density at radius 1 is 1.16 bits per heavy atom. The van der Waals surface area contributed by atoms with Crippen LogP contribution in [0.25, 0.3) is 6.08 Å². The Morgan fingerprint density at radius 2 is 1.97 bits per heavy atom. The minimum absolute atomic E-state index is 0.0733. The average Bonchev–Trinajstić information content (AvgIpc) is 2.77. The Hall–Kier alpha value is -3.27. The molecule has 5 nitrogen and oxygen atoms in total. The number of nitriles is 1. The molecule has 0 fully saturated rings. The number of rotatable bonds is 7. The highest BCUT2D eigenvalue weighted by Gasteiger charge is 2.13. The highest BCUT2D eigenvalue weighted by atomic mass is 79.9. The normalized spacial score (nSPS) is 10.8. The Morgan fingerprint density at radius 3 is 2.68 bits per heavy atom. The molecule has 3 rings (SSSR count). The molecule has 0 saturated carbocycles. The topological polar surface area (TPSA) is 71.3 Å². The quantitative estimate of drug-likeness (QED) is 0.310. The lowest BCUT2D eigenvalue weighted by Crippen LogP contribution is -2.13. The number of ether oxygens (including phenoxy) is 2. The summed E-state index contributed by atoms with van der Waals surface area (Å²) in [6, 6.07) is 21.6. The largest absolute Gasteiger partial charge is 0.497 e. The fourth-order valence-corrected chi connectivity index (χ4v) is 3.32. The molecule has 0 atom stereocenters. The maximum Gasteiger partial charge on any atom is 0.266 e. The number of carbonyl (C=O) groups excluding carboxylic acids is 1. The zero-order chi connectivity index (χ0) is 22.2. The van der Waals surface area contributed by atoms with Gasteiger partial charge in [-0.05, 0) is 42.5 Å². The Balaban J connectivity index is 1.87. The maximum atomic E-state index is 12.6. The molecule has 156 valence electrons. The SMILES string of the molecule is COc1ccc(/C=C(\C#N)C(=O)Nc2cccc(Cl)c2)c(OCc2ccccc2Br)c1. The molecule has 0 saturated heterocycles. The van der Waals surface area contributed by atoms with Crippen molar-refractivity contribution >= 4 is 45.2 Å². The molecule has 1 N–H and O–H groups in total. The zero-order valence-corrected chi connectivity index (χ0v) is 18.9. The van der Waals surface area contributed by atoms with E-state index in [0.29, 0.717) is 34.4 Å². The third-order valence-corrected chi connectivity index (χ3v) is 5.32. The van der Waals surface area contributed by atoms with Gasteiger partial charge in [0.2, 0.25) is 0 Å². The van der Waals surface area contributed by atoms with E-state index in [1.54, 1.807) is 49.6 Å². The Labute approximate surface area is 194 Å². The first-order valence-electron chi connectivity index (χ1n) is 9.23. The van der Waals surface area contributed by atoms with Gasteiger partial charge >= 0.3 is 0 Å². The summed E-state index contributed by atoms with van der Waals surface area (Å²) in [4.78, 5) is 12.6. The van der Waals surface area contributed by atoms with Gasteiger partial charge in [-0.3, -0.25) is 4.79 Å².